The monoisotopic (exact) mass is 341 g/mol. The highest BCUT2D eigenvalue weighted by Crippen LogP contribution is 2.47. The van der Waals surface area contributed by atoms with Crippen molar-refractivity contribution >= 4 is 23.2 Å². The van der Waals surface area contributed by atoms with Crippen LogP contribution in [-0.2, 0) is 15.3 Å². The van der Waals surface area contributed by atoms with Gasteiger partial charge in [0.1, 0.15) is 6.33 Å². The number of benzene rings is 1. The Morgan fingerprint density at radius 3 is 2.86 bits per heavy atom. The molecule has 1 N–H and O–H groups in total. The van der Waals surface area contributed by atoms with Gasteiger partial charge < -0.3 is 9.47 Å². The van der Waals surface area contributed by atoms with E-state index in [1.165, 1.54) is 6.33 Å². The number of nitrogens with zero attached hydrogens (tertiary/aromatic N) is 2. The SMILES string of the molecule is CCC1COC(c2ccc(Cl)cc2Cl)(C(C)c2nc[nH]n2)O1. The molecule has 3 unspecified atom stereocenters. The van der Waals surface area contributed by atoms with Gasteiger partial charge in [-0.25, -0.2) is 4.98 Å². The molecule has 2 aromatic rings. The first-order chi connectivity index (χ1) is 10.6. The van der Waals surface area contributed by atoms with Crippen molar-refractivity contribution in [1.82, 2.24) is 15.2 Å². The predicted molar refractivity (Wildman–Crippen MR) is 84.1 cm³/mol. The van der Waals surface area contributed by atoms with E-state index >= 15 is 0 Å². The van der Waals surface area contributed by atoms with Crippen molar-refractivity contribution in [1.29, 1.82) is 0 Å². The van der Waals surface area contributed by atoms with Gasteiger partial charge in [-0.3, -0.25) is 5.10 Å². The molecule has 22 heavy (non-hydrogen) atoms. The summed E-state index contributed by atoms with van der Waals surface area (Å²) >= 11 is 12.4. The van der Waals surface area contributed by atoms with E-state index in [4.69, 9.17) is 32.7 Å². The summed E-state index contributed by atoms with van der Waals surface area (Å²) in [5.41, 5.74) is 0.742. The molecule has 0 aliphatic carbocycles. The molecule has 1 aromatic carbocycles. The molecule has 1 aliphatic rings. The van der Waals surface area contributed by atoms with Crippen LogP contribution >= 0.6 is 23.2 Å². The summed E-state index contributed by atoms with van der Waals surface area (Å²) in [6.45, 7) is 4.53. The summed E-state index contributed by atoms with van der Waals surface area (Å²) in [6, 6.07) is 5.31. The first kappa shape index (κ1) is 15.7. The lowest BCUT2D eigenvalue weighted by atomic mass is 9.92. The Morgan fingerprint density at radius 2 is 2.27 bits per heavy atom. The molecule has 1 aromatic heterocycles. The van der Waals surface area contributed by atoms with E-state index in [1.54, 1.807) is 12.1 Å². The Balaban J connectivity index is 2.07. The standard InChI is InChI=1S/C15H17Cl2N3O2/c1-3-11-7-21-15(22-11,9(2)14-18-8-19-20-14)12-5-4-10(16)6-13(12)17/h4-6,8-9,11H,3,7H2,1-2H3,(H,18,19,20). The average molecular weight is 342 g/mol. The molecular formula is C15H17Cl2N3O2. The van der Waals surface area contributed by atoms with Gasteiger partial charge in [-0.2, -0.15) is 5.10 Å². The van der Waals surface area contributed by atoms with Crippen molar-refractivity contribution in [2.45, 2.75) is 38.1 Å². The Hall–Kier alpha value is -1.14. The third-order valence-corrected chi connectivity index (χ3v) is 4.53. The average Bonchev–Trinajstić information content (AvgIpc) is 3.17. The number of aromatic amines is 1. The lowest BCUT2D eigenvalue weighted by Crippen LogP contribution is -2.35. The summed E-state index contributed by atoms with van der Waals surface area (Å²) in [7, 11) is 0. The van der Waals surface area contributed by atoms with E-state index in [-0.39, 0.29) is 12.0 Å². The van der Waals surface area contributed by atoms with Gasteiger partial charge in [-0.1, -0.05) is 36.2 Å². The van der Waals surface area contributed by atoms with Gasteiger partial charge in [-0.05, 0) is 25.5 Å². The number of ether oxygens (including phenoxy) is 2. The molecule has 5 nitrogen and oxygen atoms in total. The van der Waals surface area contributed by atoms with Crippen LogP contribution in [-0.4, -0.2) is 27.9 Å². The molecule has 0 spiro atoms. The van der Waals surface area contributed by atoms with Gasteiger partial charge in [0.25, 0.3) is 0 Å². The normalized spacial score (nSPS) is 26.3. The zero-order valence-electron chi connectivity index (χ0n) is 12.3. The highest BCUT2D eigenvalue weighted by atomic mass is 35.5. The van der Waals surface area contributed by atoms with E-state index in [1.807, 2.05) is 13.0 Å². The second-order valence-corrected chi connectivity index (χ2v) is 6.17. The minimum atomic E-state index is -1.01. The fourth-order valence-electron chi connectivity index (χ4n) is 2.70. The van der Waals surface area contributed by atoms with Gasteiger partial charge in [-0.15, -0.1) is 0 Å². The van der Waals surface area contributed by atoms with Crippen LogP contribution in [0.1, 0.15) is 37.6 Å². The van der Waals surface area contributed by atoms with E-state index in [0.29, 0.717) is 22.5 Å². The molecule has 1 saturated heterocycles. The summed E-state index contributed by atoms with van der Waals surface area (Å²) in [5, 5.41) is 7.96. The van der Waals surface area contributed by atoms with E-state index < -0.39 is 5.79 Å². The first-order valence-corrected chi connectivity index (χ1v) is 7.95. The number of hydrogen-bond acceptors (Lipinski definition) is 4. The molecule has 3 rings (SSSR count). The third kappa shape index (κ3) is 2.63. The quantitative estimate of drug-likeness (QED) is 0.916. The second-order valence-electron chi connectivity index (χ2n) is 5.33. The number of halogens is 2. The van der Waals surface area contributed by atoms with Crippen LogP contribution in [0.4, 0.5) is 0 Å². The molecule has 3 atom stereocenters. The number of nitrogens with one attached hydrogen (secondary N) is 1. The fourth-order valence-corrected chi connectivity index (χ4v) is 3.24. The minimum Gasteiger partial charge on any atom is -0.342 e. The summed E-state index contributed by atoms with van der Waals surface area (Å²) < 4.78 is 12.3. The van der Waals surface area contributed by atoms with Crippen molar-refractivity contribution in [2.75, 3.05) is 6.61 Å². The van der Waals surface area contributed by atoms with Crippen LogP contribution in [0.2, 0.25) is 10.0 Å². The second kappa shape index (κ2) is 6.16. The van der Waals surface area contributed by atoms with E-state index in [9.17, 15) is 0 Å². The smallest absolute Gasteiger partial charge is 0.206 e. The molecule has 1 aliphatic heterocycles. The van der Waals surface area contributed by atoms with Crippen LogP contribution in [0.25, 0.3) is 0 Å². The Kier molecular flexibility index (Phi) is 4.41. The summed E-state index contributed by atoms with van der Waals surface area (Å²) in [6.07, 6.45) is 2.40. The predicted octanol–water partition coefficient (Wildman–Crippen LogP) is 3.89. The maximum absolute atomic E-state index is 6.40. The lowest BCUT2D eigenvalue weighted by molar-refractivity contribution is -0.193. The van der Waals surface area contributed by atoms with Crippen LogP contribution in [0, 0.1) is 0 Å². The number of rotatable bonds is 4. The van der Waals surface area contributed by atoms with Gasteiger partial charge in [0.05, 0.1) is 23.7 Å². The maximum atomic E-state index is 6.40. The number of H-pyrrole nitrogens is 1. The van der Waals surface area contributed by atoms with Crippen LogP contribution in [0.3, 0.4) is 0 Å². The molecule has 1 fully saturated rings. The van der Waals surface area contributed by atoms with Crippen molar-refractivity contribution in [3.8, 4) is 0 Å². The molecule has 2 heterocycles. The zero-order valence-corrected chi connectivity index (χ0v) is 13.9. The van der Waals surface area contributed by atoms with E-state index in [0.717, 1.165) is 12.0 Å². The highest BCUT2D eigenvalue weighted by molar-refractivity contribution is 6.35. The molecular weight excluding hydrogens is 325 g/mol. The molecule has 7 heteroatoms. The summed E-state index contributed by atoms with van der Waals surface area (Å²) in [4.78, 5) is 4.23. The Labute approximate surface area is 138 Å². The van der Waals surface area contributed by atoms with Crippen LogP contribution < -0.4 is 0 Å². The van der Waals surface area contributed by atoms with Crippen molar-refractivity contribution in [3.05, 3.63) is 46.0 Å². The van der Waals surface area contributed by atoms with Crippen LogP contribution in [0.15, 0.2) is 24.5 Å². The first-order valence-electron chi connectivity index (χ1n) is 7.19. The van der Waals surface area contributed by atoms with Gasteiger partial charge in [0, 0.05) is 10.6 Å². The molecule has 0 saturated carbocycles. The zero-order chi connectivity index (χ0) is 15.7. The molecule has 0 bridgehead atoms. The molecule has 118 valence electrons. The van der Waals surface area contributed by atoms with Crippen molar-refractivity contribution < 1.29 is 9.47 Å². The Morgan fingerprint density at radius 1 is 1.45 bits per heavy atom. The molecule has 0 amide bonds. The third-order valence-electron chi connectivity index (χ3n) is 3.98. The van der Waals surface area contributed by atoms with Crippen molar-refractivity contribution in [2.24, 2.45) is 0 Å². The minimum absolute atomic E-state index is 0.00753. The lowest BCUT2D eigenvalue weighted by Gasteiger charge is -2.33. The topological polar surface area (TPSA) is 60.0 Å². The van der Waals surface area contributed by atoms with Crippen molar-refractivity contribution in [3.63, 3.8) is 0 Å². The largest absolute Gasteiger partial charge is 0.342 e. The fraction of sp³-hybridized carbons (Fsp3) is 0.467. The maximum Gasteiger partial charge on any atom is 0.206 e. The molecule has 0 radical (unpaired) electrons. The van der Waals surface area contributed by atoms with E-state index in [2.05, 4.69) is 22.1 Å². The number of hydrogen-bond donors (Lipinski definition) is 1. The Bertz CT molecular complexity index is 650. The highest BCUT2D eigenvalue weighted by Gasteiger charge is 2.50. The van der Waals surface area contributed by atoms with Crippen LogP contribution in [0.5, 0.6) is 0 Å². The van der Waals surface area contributed by atoms with Gasteiger partial charge >= 0.3 is 0 Å². The van der Waals surface area contributed by atoms with Gasteiger partial charge in [0.15, 0.2) is 5.82 Å². The summed E-state index contributed by atoms with van der Waals surface area (Å²) in [5.74, 6) is -0.624. The van der Waals surface area contributed by atoms with Gasteiger partial charge in [0.2, 0.25) is 5.79 Å². The number of aromatic nitrogens is 3.